The van der Waals surface area contributed by atoms with Gasteiger partial charge < -0.3 is 10.1 Å². The van der Waals surface area contributed by atoms with Crippen LogP contribution in [0.4, 0.5) is 0 Å². The Morgan fingerprint density at radius 1 is 1.18 bits per heavy atom. The van der Waals surface area contributed by atoms with Gasteiger partial charge in [0.15, 0.2) is 0 Å². The number of thiazole rings is 1. The van der Waals surface area contributed by atoms with Crippen LogP contribution < -0.4 is 10.1 Å². The van der Waals surface area contributed by atoms with E-state index in [9.17, 15) is 0 Å². The van der Waals surface area contributed by atoms with Crippen LogP contribution in [0.15, 0.2) is 18.2 Å². The first kappa shape index (κ1) is 14.2. The maximum atomic E-state index is 5.92. The van der Waals surface area contributed by atoms with Crippen molar-refractivity contribution in [2.24, 2.45) is 0 Å². The second-order valence-corrected chi connectivity index (χ2v) is 7.31. The Morgan fingerprint density at radius 3 is 3.09 bits per heavy atom. The van der Waals surface area contributed by atoms with Crippen molar-refractivity contribution >= 4 is 11.3 Å². The Hall–Kier alpha value is -1.39. The van der Waals surface area contributed by atoms with Crippen molar-refractivity contribution in [1.29, 1.82) is 0 Å². The number of hydrogen-bond acceptors (Lipinski definition) is 4. The van der Waals surface area contributed by atoms with Crippen molar-refractivity contribution in [1.82, 2.24) is 10.3 Å². The van der Waals surface area contributed by atoms with E-state index in [1.165, 1.54) is 46.0 Å². The highest BCUT2D eigenvalue weighted by Gasteiger charge is 2.14. The van der Waals surface area contributed by atoms with Gasteiger partial charge in [0.05, 0.1) is 17.3 Å². The van der Waals surface area contributed by atoms with E-state index < -0.39 is 0 Å². The van der Waals surface area contributed by atoms with Crippen molar-refractivity contribution in [3.8, 4) is 5.75 Å². The van der Waals surface area contributed by atoms with Gasteiger partial charge in [0.1, 0.15) is 5.75 Å². The minimum atomic E-state index is 0.779. The molecule has 0 unspecified atom stereocenters. The Labute approximate surface area is 135 Å². The highest BCUT2D eigenvalue weighted by atomic mass is 32.1. The topological polar surface area (TPSA) is 34.1 Å². The van der Waals surface area contributed by atoms with Gasteiger partial charge >= 0.3 is 0 Å². The monoisotopic (exact) mass is 314 g/mol. The molecule has 0 fully saturated rings. The molecule has 3 nitrogen and oxygen atoms in total. The van der Waals surface area contributed by atoms with Crippen LogP contribution in [-0.4, -0.2) is 18.1 Å². The molecular formula is C18H22N2OS. The van der Waals surface area contributed by atoms with Gasteiger partial charge in [-0.25, -0.2) is 4.98 Å². The smallest absolute Gasteiger partial charge is 0.119 e. The summed E-state index contributed by atoms with van der Waals surface area (Å²) in [6.45, 7) is 2.84. The summed E-state index contributed by atoms with van der Waals surface area (Å²) < 4.78 is 5.92. The molecule has 0 spiro atoms. The van der Waals surface area contributed by atoms with Gasteiger partial charge in [-0.15, -0.1) is 11.3 Å². The number of hydrogen-bond donors (Lipinski definition) is 1. The summed E-state index contributed by atoms with van der Waals surface area (Å²) in [5.74, 6) is 1.03. The molecule has 0 saturated carbocycles. The first-order valence-corrected chi connectivity index (χ1v) is 9.13. The predicted octanol–water partition coefficient (Wildman–Crippen LogP) is 3.29. The van der Waals surface area contributed by atoms with Crippen LogP contribution in [0.5, 0.6) is 5.75 Å². The average Bonchev–Trinajstić information content (AvgIpc) is 3.17. The molecule has 1 aromatic heterocycles. The normalized spacial score (nSPS) is 16.4. The fourth-order valence-corrected chi connectivity index (χ4v) is 4.46. The molecule has 0 amide bonds. The lowest BCUT2D eigenvalue weighted by atomic mass is 10.1. The molecule has 4 heteroatoms. The van der Waals surface area contributed by atoms with E-state index in [1.807, 2.05) is 11.3 Å². The Balaban J connectivity index is 1.28. The molecule has 1 aliphatic carbocycles. The van der Waals surface area contributed by atoms with Gasteiger partial charge in [-0.3, -0.25) is 0 Å². The summed E-state index contributed by atoms with van der Waals surface area (Å²) in [5.41, 5.74) is 4.31. The van der Waals surface area contributed by atoms with E-state index >= 15 is 0 Å². The lowest BCUT2D eigenvalue weighted by Gasteiger charge is -2.09. The maximum absolute atomic E-state index is 5.92. The van der Waals surface area contributed by atoms with Crippen molar-refractivity contribution in [2.75, 3.05) is 13.2 Å². The van der Waals surface area contributed by atoms with Crippen LogP contribution in [0.3, 0.4) is 0 Å². The van der Waals surface area contributed by atoms with Crippen LogP contribution in [0.1, 0.15) is 39.5 Å². The van der Waals surface area contributed by atoms with Crippen molar-refractivity contribution in [3.63, 3.8) is 0 Å². The number of fused-ring (bicyclic) bond motifs is 2. The predicted molar refractivity (Wildman–Crippen MR) is 89.8 cm³/mol. The van der Waals surface area contributed by atoms with Crippen LogP contribution in [0.2, 0.25) is 0 Å². The minimum Gasteiger partial charge on any atom is -0.494 e. The van der Waals surface area contributed by atoms with E-state index in [0.29, 0.717) is 0 Å². The lowest BCUT2D eigenvalue weighted by molar-refractivity contribution is 0.310. The quantitative estimate of drug-likeness (QED) is 0.860. The molecule has 2 heterocycles. The largest absolute Gasteiger partial charge is 0.494 e. The second-order valence-electron chi connectivity index (χ2n) is 6.14. The van der Waals surface area contributed by atoms with Gasteiger partial charge in [-0.1, -0.05) is 6.07 Å². The Bertz CT molecular complexity index is 642. The summed E-state index contributed by atoms with van der Waals surface area (Å²) in [5, 5.41) is 4.68. The van der Waals surface area contributed by atoms with Gasteiger partial charge in [0.25, 0.3) is 0 Å². The third kappa shape index (κ3) is 3.03. The number of benzene rings is 1. The number of ether oxygens (including phenoxy) is 1. The second kappa shape index (κ2) is 6.39. The fourth-order valence-electron chi connectivity index (χ4n) is 3.34. The van der Waals surface area contributed by atoms with Gasteiger partial charge in [-0.05, 0) is 48.9 Å². The van der Waals surface area contributed by atoms with Crippen molar-refractivity contribution in [2.45, 2.75) is 45.1 Å². The number of nitrogens with zero attached hydrogens (tertiary/aromatic N) is 1. The number of aromatic nitrogens is 1. The zero-order valence-corrected chi connectivity index (χ0v) is 13.7. The third-order valence-corrected chi connectivity index (χ3v) is 5.68. The molecular weight excluding hydrogens is 292 g/mol. The summed E-state index contributed by atoms with van der Waals surface area (Å²) >= 11 is 1.87. The molecule has 0 radical (unpaired) electrons. The molecule has 1 N–H and O–H groups in total. The van der Waals surface area contributed by atoms with E-state index in [1.54, 1.807) is 0 Å². The van der Waals surface area contributed by atoms with Crippen LogP contribution in [-0.2, 0) is 32.2 Å². The molecule has 116 valence electrons. The maximum Gasteiger partial charge on any atom is 0.119 e. The molecule has 0 saturated heterocycles. The van der Waals surface area contributed by atoms with Crippen molar-refractivity contribution in [3.05, 3.63) is 44.9 Å². The standard InChI is InChI=1S/C18H22N2OS/c1-3-13-6-7-15(11-14(13)4-1)21-10-2-5-18-20-16-8-9-19-12-17(16)22-18/h6-7,11,19H,1-5,8-10,12H2. The summed E-state index contributed by atoms with van der Waals surface area (Å²) in [6.07, 6.45) is 6.89. The number of nitrogens with one attached hydrogen (secondary N) is 1. The summed E-state index contributed by atoms with van der Waals surface area (Å²) in [7, 11) is 0. The highest BCUT2D eigenvalue weighted by molar-refractivity contribution is 7.11. The van der Waals surface area contributed by atoms with Gasteiger partial charge in [0, 0.05) is 30.8 Å². The lowest BCUT2D eigenvalue weighted by Crippen LogP contribution is -2.22. The first-order chi connectivity index (χ1) is 10.9. The van der Waals surface area contributed by atoms with Gasteiger partial charge in [-0.2, -0.15) is 0 Å². The molecule has 22 heavy (non-hydrogen) atoms. The highest BCUT2D eigenvalue weighted by Crippen LogP contribution is 2.26. The van der Waals surface area contributed by atoms with Gasteiger partial charge in [0.2, 0.25) is 0 Å². The molecule has 1 aromatic carbocycles. The van der Waals surface area contributed by atoms with Crippen LogP contribution in [0.25, 0.3) is 0 Å². The molecule has 0 bridgehead atoms. The fraction of sp³-hybridized carbons (Fsp3) is 0.500. The molecule has 0 atom stereocenters. The summed E-state index contributed by atoms with van der Waals surface area (Å²) in [4.78, 5) is 6.20. The molecule has 2 aliphatic rings. The van der Waals surface area contributed by atoms with E-state index in [2.05, 4.69) is 23.5 Å². The van der Waals surface area contributed by atoms with E-state index in [4.69, 9.17) is 9.72 Å². The molecule has 4 rings (SSSR count). The molecule has 1 aliphatic heterocycles. The average molecular weight is 314 g/mol. The zero-order valence-electron chi connectivity index (χ0n) is 12.9. The summed E-state index contributed by atoms with van der Waals surface area (Å²) in [6, 6.07) is 6.59. The Kier molecular flexibility index (Phi) is 4.13. The zero-order chi connectivity index (χ0) is 14.8. The molecule has 2 aromatic rings. The first-order valence-electron chi connectivity index (χ1n) is 8.31. The van der Waals surface area contributed by atoms with Crippen LogP contribution in [0, 0.1) is 0 Å². The van der Waals surface area contributed by atoms with E-state index in [-0.39, 0.29) is 0 Å². The third-order valence-electron chi connectivity index (χ3n) is 4.52. The SMILES string of the molecule is c1cc2c(cc1OCCCc1nc3c(s1)CNCC3)CCC2. The van der Waals surface area contributed by atoms with Crippen LogP contribution >= 0.6 is 11.3 Å². The Morgan fingerprint density at radius 2 is 2.14 bits per heavy atom. The number of rotatable bonds is 5. The minimum absolute atomic E-state index is 0.779. The number of aryl methyl sites for hydroxylation is 3. The van der Waals surface area contributed by atoms with Crippen molar-refractivity contribution < 1.29 is 4.74 Å². The van der Waals surface area contributed by atoms with E-state index in [0.717, 1.165) is 44.7 Å².